The molecule has 0 atom stereocenters. The van der Waals surface area contributed by atoms with Crippen LogP contribution < -0.4 is 10.6 Å². The lowest BCUT2D eigenvalue weighted by Crippen LogP contribution is -2.38. The van der Waals surface area contributed by atoms with Crippen molar-refractivity contribution in [1.82, 2.24) is 15.6 Å². The van der Waals surface area contributed by atoms with E-state index in [1.165, 1.54) is 12.1 Å². The Balaban J connectivity index is 1.91. The maximum atomic E-state index is 13.3. The Morgan fingerprint density at radius 2 is 2.04 bits per heavy atom. The number of rotatable bonds is 6. The van der Waals surface area contributed by atoms with Gasteiger partial charge >= 0.3 is 6.18 Å². The number of guanidine groups is 1. The average Bonchev–Trinajstić information content (AvgIpc) is 2.88. The molecule has 0 aliphatic heterocycles. The topological polar surface area (TPSA) is 52.2 Å². The number of fused-ring (bicyclic) bond motifs is 1. The van der Waals surface area contributed by atoms with Crippen molar-refractivity contribution in [2.45, 2.75) is 25.9 Å². The zero-order valence-electron chi connectivity index (χ0n) is 13.3. The number of aromatic nitrogens is 1. The van der Waals surface area contributed by atoms with Crippen LogP contribution in [-0.2, 0) is 6.42 Å². The van der Waals surface area contributed by atoms with E-state index in [0.29, 0.717) is 25.5 Å². The number of H-pyrrole nitrogens is 1. The Morgan fingerprint density at radius 1 is 1.25 bits per heavy atom. The van der Waals surface area contributed by atoms with Gasteiger partial charge in [-0.2, -0.15) is 13.2 Å². The molecule has 24 heavy (non-hydrogen) atoms. The molecule has 0 saturated carbocycles. The van der Waals surface area contributed by atoms with Crippen LogP contribution in [0.4, 0.5) is 17.6 Å². The zero-order chi connectivity index (χ0) is 17.6. The second-order valence-corrected chi connectivity index (χ2v) is 5.31. The summed E-state index contributed by atoms with van der Waals surface area (Å²) in [5.74, 6) is 0.0335. The van der Waals surface area contributed by atoms with Gasteiger partial charge < -0.3 is 15.6 Å². The summed E-state index contributed by atoms with van der Waals surface area (Å²) in [6.45, 7) is 2.54. The van der Waals surface area contributed by atoms with Crippen molar-refractivity contribution in [3.63, 3.8) is 0 Å². The predicted octanol–water partition coefficient (Wildman–Crippen LogP) is 3.36. The van der Waals surface area contributed by atoms with Gasteiger partial charge in [-0.25, -0.2) is 4.39 Å². The molecule has 2 rings (SSSR count). The minimum atomic E-state index is -4.21. The summed E-state index contributed by atoms with van der Waals surface area (Å²) in [7, 11) is 0. The van der Waals surface area contributed by atoms with Gasteiger partial charge in [0.2, 0.25) is 0 Å². The van der Waals surface area contributed by atoms with Gasteiger partial charge in [0.1, 0.15) is 5.82 Å². The number of nitrogens with zero attached hydrogens (tertiary/aromatic N) is 1. The van der Waals surface area contributed by atoms with Crippen LogP contribution in [0, 0.1) is 5.82 Å². The van der Waals surface area contributed by atoms with Crippen LogP contribution in [0.1, 0.15) is 18.9 Å². The number of nitrogens with one attached hydrogen (secondary N) is 3. The molecule has 0 aliphatic rings. The van der Waals surface area contributed by atoms with Gasteiger partial charge in [-0.15, -0.1) is 0 Å². The monoisotopic (exact) mass is 344 g/mol. The number of aromatic amines is 1. The van der Waals surface area contributed by atoms with Gasteiger partial charge in [-0.05, 0) is 37.1 Å². The number of halogens is 4. The predicted molar refractivity (Wildman–Crippen MR) is 86.6 cm³/mol. The third-order valence-corrected chi connectivity index (χ3v) is 3.43. The van der Waals surface area contributed by atoms with Gasteiger partial charge in [0.05, 0.1) is 13.0 Å². The van der Waals surface area contributed by atoms with Crippen LogP contribution in [0.5, 0.6) is 0 Å². The standard InChI is InChI=1S/C16H20F4N4/c1-2-21-15(23-8-6-16(18,19)20)22-7-5-11-10-24-14-4-3-12(17)9-13(11)14/h3-4,9-10,24H,2,5-8H2,1H3,(H2,21,22,23). The molecule has 8 heteroatoms. The summed E-state index contributed by atoms with van der Waals surface area (Å²) in [6, 6.07) is 4.52. The Kier molecular flexibility index (Phi) is 6.05. The minimum absolute atomic E-state index is 0.307. The van der Waals surface area contributed by atoms with Crippen molar-refractivity contribution < 1.29 is 17.6 Å². The fourth-order valence-electron chi connectivity index (χ4n) is 2.31. The van der Waals surface area contributed by atoms with Crippen LogP contribution in [0.25, 0.3) is 10.9 Å². The van der Waals surface area contributed by atoms with Gasteiger partial charge in [0, 0.05) is 30.2 Å². The third kappa shape index (κ3) is 5.43. The molecular weight excluding hydrogens is 324 g/mol. The number of benzene rings is 1. The van der Waals surface area contributed by atoms with E-state index in [1.54, 1.807) is 12.3 Å². The van der Waals surface area contributed by atoms with E-state index < -0.39 is 12.6 Å². The number of aliphatic imine (C=N–C) groups is 1. The molecule has 0 spiro atoms. The summed E-state index contributed by atoms with van der Waals surface area (Å²) in [5.41, 5.74) is 1.78. The SMILES string of the molecule is CCNC(=NCCC(F)(F)F)NCCc1c[nH]c2ccc(F)cc12. The van der Waals surface area contributed by atoms with Crippen LogP contribution in [0.2, 0.25) is 0 Å². The van der Waals surface area contributed by atoms with Crippen molar-refractivity contribution in [3.8, 4) is 0 Å². The maximum absolute atomic E-state index is 13.3. The van der Waals surface area contributed by atoms with Gasteiger partial charge in [-0.1, -0.05) is 0 Å². The second-order valence-electron chi connectivity index (χ2n) is 5.31. The Labute approximate surface area is 137 Å². The first-order valence-electron chi connectivity index (χ1n) is 7.73. The molecular formula is C16H20F4N4. The van der Waals surface area contributed by atoms with Crippen LogP contribution in [-0.4, -0.2) is 36.8 Å². The van der Waals surface area contributed by atoms with Crippen molar-refractivity contribution in [3.05, 3.63) is 35.8 Å². The van der Waals surface area contributed by atoms with E-state index in [9.17, 15) is 17.6 Å². The normalized spacial score (nSPS) is 12.6. The molecule has 0 unspecified atom stereocenters. The Hall–Kier alpha value is -2.25. The Morgan fingerprint density at radius 3 is 2.75 bits per heavy atom. The van der Waals surface area contributed by atoms with E-state index in [-0.39, 0.29) is 12.4 Å². The molecule has 4 nitrogen and oxygen atoms in total. The summed E-state index contributed by atoms with van der Waals surface area (Å²) >= 11 is 0. The van der Waals surface area contributed by atoms with Crippen molar-refractivity contribution in [2.75, 3.05) is 19.6 Å². The van der Waals surface area contributed by atoms with Crippen molar-refractivity contribution in [1.29, 1.82) is 0 Å². The van der Waals surface area contributed by atoms with E-state index in [4.69, 9.17) is 0 Å². The lowest BCUT2D eigenvalue weighted by atomic mass is 10.1. The summed E-state index contributed by atoms with van der Waals surface area (Å²) in [5, 5.41) is 6.69. The number of alkyl halides is 3. The molecule has 3 N–H and O–H groups in total. The molecule has 1 aromatic carbocycles. The third-order valence-electron chi connectivity index (χ3n) is 3.43. The second kappa shape index (κ2) is 8.03. The highest BCUT2D eigenvalue weighted by atomic mass is 19.4. The molecule has 0 saturated heterocycles. The first-order chi connectivity index (χ1) is 11.4. The van der Waals surface area contributed by atoms with Crippen LogP contribution in [0.15, 0.2) is 29.4 Å². The first kappa shape index (κ1) is 18.1. The zero-order valence-corrected chi connectivity index (χ0v) is 13.3. The Bertz CT molecular complexity index is 691. The number of hydrogen-bond donors (Lipinski definition) is 3. The van der Waals surface area contributed by atoms with Gasteiger partial charge in [0.15, 0.2) is 5.96 Å². The van der Waals surface area contributed by atoms with E-state index in [0.717, 1.165) is 16.5 Å². The molecule has 132 valence electrons. The molecule has 0 amide bonds. The summed E-state index contributed by atoms with van der Waals surface area (Å²) in [6.07, 6.45) is -2.77. The highest BCUT2D eigenvalue weighted by Crippen LogP contribution is 2.20. The van der Waals surface area contributed by atoms with Gasteiger partial charge in [-0.3, -0.25) is 4.99 Å². The molecule has 0 aliphatic carbocycles. The van der Waals surface area contributed by atoms with Gasteiger partial charge in [0.25, 0.3) is 0 Å². The molecule has 0 bridgehead atoms. The fraction of sp³-hybridized carbons (Fsp3) is 0.438. The van der Waals surface area contributed by atoms with E-state index >= 15 is 0 Å². The quantitative estimate of drug-likeness (QED) is 0.428. The molecule has 1 aromatic heterocycles. The maximum Gasteiger partial charge on any atom is 0.390 e. The molecule has 2 aromatic rings. The largest absolute Gasteiger partial charge is 0.390 e. The lowest BCUT2D eigenvalue weighted by molar-refractivity contribution is -0.132. The molecule has 1 heterocycles. The summed E-state index contributed by atoms with van der Waals surface area (Å²) < 4.78 is 49.8. The highest BCUT2D eigenvalue weighted by molar-refractivity contribution is 5.83. The lowest BCUT2D eigenvalue weighted by Gasteiger charge is -2.11. The van der Waals surface area contributed by atoms with Crippen molar-refractivity contribution >= 4 is 16.9 Å². The van der Waals surface area contributed by atoms with Crippen LogP contribution >= 0.6 is 0 Å². The molecule has 0 fully saturated rings. The fourth-order valence-corrected chi connectivity index (χ4v) is 2.31. The summed E-state index contributed by atoms with van der Waals surface area (Å²) in [4.78, 5) is 6.96. The number of hydrogen-bond acceptors (Lipinski definition) is 1. The van der Waals surface area contributed by atoms with Crippen LogP contribution in [0.3, 0.4) is 0 Å². The first-order valence-corrected chi connectivity index (χ1v) is 7.73. The molecule has 0 radical (unpaired) electrons. The smallest absolute Gasteiger partial charge is 0.361 e. The van der Waals surface area contributed by atoms with E-state index in [2.05, 4.69) is 20.6 Å². The van der Waals surface area contributed by atoms with Crippen molar-refractivity contribution in [2.24, 2.45) is 4.99 Å². The highest BCUT2D eigenvalue weighted by Gasteiger charge is 2.26. The van der Waals surface area contributed by atoms with E-state index in [1.807, 2.05) is 6.92 Å². The average molecular weight is 344 g/mol. The minimum Gasteiger partial charge on any atom is -0.361 e.